The highest BCUT2D eigenvalue weighted by Crippen LogP contribution is 2.18. The molecule has 18 heavy (non-hydrogen) atoms. The minimum Gasteiger partial charge on any atom is -0.481 e. The van der Waals surface area contributed by atoms with Crippen molar-refractivity contribution in [1.29, 1.82) is 0 Å². The number of rotatable bonds is 6. The highest BCUT2D eigenvalue weighted by molar-refractivity contribution is 5.66. The van der Waals surface area contributed by atoms with Gasteiger partial charge in [0.15, 0.2) is 5.82 Å². The van der Waals surface area contributed by atoms with Crippen LogP contribution in [0.25, 0.3) is 0 Å². The molecule has 5 nitrogen and oxygen atoms in total. The fourth-order valence-corrected chi connectivity index (χ4v) is 1.81. The third-order valence-corrected chi connectivity index (χ3v) is 2.74. The molecule has 1 aromatic rings. The molecule has 0 saturated heterocycles. The Balaban J connectivity index is 2.83. The summed E-state index contributed by atoms with van der Waals surface area (Å²) in [6.45, 7) is 8.66. The van der Waals surface area contributed by atoms with E-state index in [9.17, 15) is 4.79 Å². The topological polar surface area (TPSA) is 66.3 Å². The molecule has 0 aliphatic carbocycles. The molecule has 1 rings (SSSR count). The van der Waals surface area contributed by atoms with Crippen LogP contribution in [-0.4, -0.2) is 33.6 Å². The van der Waals surface area contributed by atoms with E-state index in [1.807, 2.05) is 13.8 Å². The normalized spacial score (nSPS) is 10.7. The summed E-state index contributed by atoms with van der Waals surface area (Å²) < 4.78 is 0. The molecule has 0 aliphatic heterocycles. The van der Waals surface area contributed by atoms with Gasteiger partial charge in [0, 0.05) is 25.2 Å². The molecule has 0 radical (unpaired) electrons. The largest absolute Gasteiger partial charge is 0.481 e. The number of carbonyl (C=O) groups is 1. The van der Waals surface area contributed by atoms with Crippen molar-refractivity contribution in [3.63, 3.8) is 0 Å². The maximum atomic E-state index is 10.6. The predicted molar refractivity (Wildman–Crippen MR) is 70.9 cm³/mol. The SMILES string of the molecule is Cc1cnc(C)c(N(CCCC(=O)O)C(C)C)n1. The van der Waals surface area contributed by atoms with E-state index < -0.39 is 5.97 Å². The Morgan fingerprint density at radius 2 is 2.11 bits per heavy atom. The zero-order valence-electron chi connectivity index (χ0n) is 11.5. The first-order valence-electron chi connectivity index (χ1n) is 6.20. The van der Waals surface area contributed by atoms with E-state index in [-0.39, 0.29) is 12.5 Å². The number of nitrogens with zero attached hydrogens (tertiary/aromatic N) is 3. The van der Waals surface area contributed by atoms with Crippen molar-refractivity contribution in [1.82, 2.24) is 9.97 Å². The van der Waals surface area contributed by atoms with Gasteiger partial charge in [0.25, 0.3) is 0 Å². The van der Waals surface area contributed by atoms with Crippen LogP contribution in [0.2, 0.25) is 0 Å². The third kappa shape index (κ3) is 3.98. The molecule has 0 fully saturated rings. The Morgan fingerprint density at radius 1 is 1.44 bits per heavy atom. The van der Waals surface area contributed by atoms with Crippen molar-refractivity contribution in [3.05, 3.63) is 17.6 Å². The van der Waals surface area contributed by atoms with E-state index in [1.54, 1.807) is 6.20 Å². The van der Waals surface area contributed by atoms with Crippen molar-refractivity contribution in [2.45, 2.75) is 46.6 Å². The molecule has 0 aromatic carbocycles. The molecule has 0 saturated carbocycles. The summed E-state index contributed by atoms with van der Waals surface area (Å²) in [7, 11) is 0. The lowest BCUT2D eigenvalue weighted by atomic mass is 10.2. The standard InChI is InChI=1S/C13H21N3O2/c1-9(2)16(7-5-6-12(17)18)13-11(4)14-8-10(3)15-13/h8-9H,5-7H2,1-4H3,(H,17,18). The highest BCUT2D eigenvalue weighted by Gasteiger charge is 2.15. The van der Waals surface area contributed by atoms with Crippen LogP contribution >= 0.6 is 0 Å². The maximum absolute atomic E-state index is 10.6. The van der Waals surface area contributed by atoms with E-state index in [4.69, 9.17) is 5.11 Å². The van der Waals surface area contributed by atoms with Crippen LogP contribution in [0.5, 0.6) is 0 Å². The van der Waals surface area contributed by atoms with Crippen LogP contribution in [0, 0.1) is 13.8 Å². The lowest BCUT2D eigenvalue weighted by Crippen LogP contribution is -2.33. The monoisotopic (exact) mass is 251 g/mol. The maximum Gasteiger partial charge on any atom is 0.303 e. The van der Waals surface area contributed by atoms with E-state index in [0.717, 1.165) is 17.2 Å². The highest BCUT2D eigenvalue weighted by atomic mass is 16.4. The van der Waals surface area contributed by atoms with Crippen molar-refractivity contribution >= 4 is 11.8 Å². The number of aromatic nitrogens is 2. The number of carboxylic acid groups (broad SMARTS) is 1. The fourth-order valence-electron chi connectivity index (χ4n) is 1.81. The van der Waals surface area contributed by atoms with Crippen molar-refractivity contribution in [2.24, 2.45) is 0 Å². The molecule has 5 heteroatoms. The minimum atomic E-state index is -0.759. The number of aliphatic carboxylic acids is 1. The first-order valence-corrected chi connectivity index (χ1v) is 6.20. The molecule has 0 spiro atoms. The Morgan fingerprint density at radius 3 is 2.67 bits per heavy atom. The Hall–Kier alpha value is -1.65. The third-order valence-electron chi connectivity index (χ3n) is 2.74. The number of aryl methyl sites for hydroxylation is 2. The second-order valence-electron chi connectivity index (χ2n) is 4.70. The molecule has 0 bridgehead atoms. The molecule has 0 aliphatic rings. The molecular weight excluding hydrogens is 230 g/mol. The van der Waals surface area contributed by atoms with E-state index in [0.29, 0.717) is 13.0 Å². The number of hydrogen-bond donors (Lipinski definition) is 1. The molecule has 1 N–H and O–H groups in total. The van der Waals surface area contributed by atoms with Crippen LogP contribution in [0.3, 0.4) is 0 Å². The average Bonchev–Trinajstić information content (AvgIpc) is 2.27. The summed E-state index contributed by atoms with van der Waals surface area (Å²) >= 11 is 0. The van der Waals surface area contributed by atoms with E-state index >= 15 is 0 Å². The number of hydrogen-bond acceptors (Lipinski definition) is 4. The number of carboxylic acids is 1. The lowest BCUT2D eigenvalue weighted by Gasteiger charge is -2.28. The Labute approximate surface area is 108 Å². The zero-order chi connectivity index (χ0) is 13.7. The summed E-state index contributed by atoms with van der Waals surface area (Å²) in [6.07, 6.45) is 2.54. The van der Waals surface area contributed by atoms with Gasteiger partial charge in [0.2, 0.25) is 0 Å². The van der Waals surface area contributed by atoms with Gasteiger partial charge in [-0.1, -0.05) is 0 Å². The average molecular weight is 251 g/mol. The second-order valence-corrected chi connectivity index (χ2v) is 4.70. The van der Waals surface area contributed by atoms with E-state index in [1.165, 1.54) is 0 Å². The lowest BCUT2D eigenvalue weighted by molar-refractivity contribution is -0.137. The number of anilines is 1. The summed E-state index contributed by atoms with van der Waals surface area (Å²) in [5.41, 5.74) is 1.75. The summed E-state index contributed by atoms with van der Waals surface area (Å²) in [4.78, 5) is 21.5. The van der Waals surface area contributed by atoms with Gasteiger partial charge < -0.3 is 10.0 Å². The molecule has 1 heterocycles. The van der Waals surface area contributed by atoms with Crippen molar-refractivity contribution < 1.29 is 9.90 Å². The summed E-state index contributed by atoms with van der Waals surface area (Å²) in [6, 6.07) is 0.272. The first-order chi connectivity index (χ1) is 8.41. The van der Waals surface area contributed by atoms with Crippen LogP contribution in [0.15, 0.2) is 6.20 Å². The van der Waals surface area contributed by atoms with Crippen LogP contribution in [0.1, 0.15) is 38.1 Å². The smallest absolute Gasteiger partial charge is 0.303 e. The molecule has 0 amide bonds. The van der Waals surface area contributed by atoms with Crippen LogP contribution < -0.4 is 4.90 Å². The Bertz CT molecular complexity index is 419. The van der Waals surface area contributed by atoms with Crippen molar-refractivity contribution in [3.8, 4) is 0 Å². The predicted octanol–water partition coefficient (Wildman–Crippen LogP) is 2.17. The van der Waals surface area contributed by atoms with E-state index in [2.05, 4.69) is 28.7 Å². The second kappa shape index (κ2) is 6.33. The quantitative estimate of drug-likeness (QED) is 0.839. The molecule has 100 valence electrons. The molecule has 1 aromatic heterocycles. The summed E-state index contributed by atoms with van der Waals surface area (Å²) in [5, 5.41) is 8.69. The van der Waals surface area contributed by atoms with Gasteiger partial charge in [0.1, 0.15) is 0 Å². The van der Waals surface area contributed by atoms with Gasteiger partial charge in [-0.25, -0.2) is 4.98 Å². The van der Waals surface area contributed by atoms with Gasteiger partial charge in [-0.05, 0) is 34.1 Å². The van der Waals surface area contributed by atoms with Gasteiger partial charge in [-0.15, -0.1) is 0 Å². The van der Waals surface area contributed by atoms with Gasteiger partial charge >= 0.3 is 5.97 Å². The first kappa shape index (κ1) is 14.4. The molecule has 0 atom stereocenters. The van der Waals surface area contributed by atoms with Crippen molar-refractivity contribution in [2.75, 3.05) is 11.4 Å². The van der Waals surface area contributed by atoms with Gasteiger partial charge in [-0.2, -0.15) is 0 Å². The van der Waals surface area contributed by atoms with Crippen LogP contribution in [-0.2, 0) is 4.79 Å². The zero-order valence-corrected chi connectivity index (χ0v) is 11.5. The minimum absolute atomic E-state index is 0.182. The van der Waals surface area contributed by atoms with Crippen LogP contribution in [0.4, 0.5) is 5.82 Å². The van der Waals surface area contributed by atoms with Gasteiger partial charge in [0.05, 0.1) is 11.4 Å². The fraction of sp³-hybridized carbons (Fsp3) is 0.615. The molecular formula is C13H21N3O2. The van der Waals surface area contributed by atoms with Gasteiger partial charge in [-0.3, -0.25) is 9.78 Å². The molecule has 0 unspecified atom stereocenters. The Kier molecular flexibility index (Phi) is 5.07. The summed E-state index contributed by atoms with van der Waals surface area (Å²) in [5.74, 6) is 0.0983.